The van der Waals surface area contributed by atoms with Gasteiger partial charge in [0.1, 0.15) is 11.6 Å². The van der Waals surface area contributed by atoms with Crippen molar-refractivity contribution in [1.29, 1.82) is 0 Å². The number of carboxylic acid groups (broad SMARTS) is 1. The minimum Gasteiger partial charge on any atom is -0.481 e. The van der Waals surface area contributed by atoms with Crippen LogP contribution < -0.4 is 0 Å². The van der Waals surface area contributed by atoms with Gasteiger partial charge in [0, 0.05) is 6.42 Å². The summed E-state index contributed by atoms with van der Waals surface area (Å²) in [6.07, 6.45) is -0.219. The van der Waals surface area contributed by atoms with Crippen LogP contribution in [-0.4, -0.2) is 11.1 Å². The van der Waals surface area contributed by atoms with Crippen molar-refractivity contribution in [2.45, 2.75) is 12.8 Å². The normalized spacial score (nSPS) is 10.2. The fourth-order valence-corrected chi connectivity index (χ4v) is 1.31. The van der Waals surface area contributed by atoms with E-state index in [1.54, 1.807) is 0 Å². The van der Waals surface area contributed by atoms with Gasteiger partial charge in [-0.1, -0.05) is 0 Å². The third-order valence-electron chi connectivity index (χ3n) is 1.70. The lowest BCUT2D eigenvalue weighted by molar-refractivity contribution is -0.136. The van der Waals surface area contributed by atoms with Gasteiger partial charge in [0.2, 0.25) is 0 Å². The number of rotatable bonds is 3. The zero-order valence-corrected chi connectivity index (χ0v) is 8.64. The van der Waals surface area contributed by atoms with Crippen molar-refractivity contribution in [3.63, 3.8) is 0 Å². The second-order valence-corrected chi connectivity index (χ2v) is 3.61. The Hall–Kier alpha value is -0.970. The fraction of sp³-hybridized carbons (Fsp3) is 0.222. The van der Waals surface area contributed by atoms with E-state index in [4.69, 9.17) is 5.11 Å². The molecule has 0 aliphatic heterocycles. The summed E-state index contributed by atoms with van der Waals surface area (Å²) in [5.41, 5.74) is 0.0769. The molecule has 0 atom stereocenters. The molecule has 0 saturated carbocycles. The highest BCUT2D eigenvalue weighted by atomic mass is 79.9. The van der Waals surface area contributed by atoms with Crippen LogP contribution in [0.15, 0.2) is 16.6 Å². The van der Waals surface area contributed by atoms with Crippen molar-refractivity contribution in [1.82, 2.24) is 0 Å². The summed E-state index contributed by atoms with van der Waals surface area (Å²) >= 11 is 2.83. The molecule has 0 radical (unpaired) electrons. The van der Waals surface area contributed by atoms with Crippen molar-refractivity contribution in [2.24, 2.45) is 0 Å². The second kappa shape index (κ2) is 4.50. The molecule has 0 aliphatic carbocycles. The lowest BCUT2D eigenvalue weighted by Crippen LogP contribution is -2.00. The van der Waals surface area contributed by atoms with E-state index < -0.39 is 17.6 Å². The molecular formula is C9H7BrF2O2. The number of benzene rings is 1. The summed E-state index contributed by atoms with van der Waals surface area (Å²) in [5.74, 6) is -2.22. The van der Waals surface area contributed by atoms with E-state index in [0.29, 0.717) is 0 Å². The highest BCUT2D eigenvalue weighted by molar-refractivity contribution is 9.10. The number of aryl methyl sites for hydroxylation is 1. The molecule has 0 fully saturated rings. The number of hydrogen-bond donors (Lipinski definition) is 1. The number of carbonyl (C=O) groups is 1. The van der Waals surface area contributed by atoms with Gasteiger partial charge in [0.05, 0.1) is 4.47 Å². The Kier molecular flexibility index (Phi) is 3.57. The van der Waals surface area contributed by atoms with Crippen LogP contribution in [0.25, 0.3) is 0 Å². The average Bonchev–Trinajstić information content (AvgIpc) is 2.09. The summed E-state index contributed by atoms with van der Waals surface area (Å²) in [4.78, 5) is 10.2. The highest BCUT2D eigenvalue weighted by Gasteiger charge is 2.09. The standard InChI is InChI=1S/C9H7BrF2O2/c10-6-4-7(11)5(3-8(6)12)1-2-9(13)14/h3-4H,1-2H2,(H,13,14). The molecule has 0 spiro atoms. The van der Waals surface area contributed by atoms with Gasteiger partial charge in [-0.05, 0) is 40.0 Å². The Balaban J connectivity index is 2.87. The third-order valence-corrected chi connectivity index (χ3v) is 2.31. The van der Waals surface area contributed by atoms with Crippen molar-refractivity contribution in [2.75, 3.05) is 0 Å². The molecule has 1 aromatic rings. The molecule has 5 heteroatoms. The second-order valence-electron chi connectivity index (χ2n) is 2.75. The zero-order valence-electron chi connectivity index (χ0n) is 7.06. The van der Waals surface area contributed by atoms with E-state index in [1.165, 1.54) is 0 Å². The summed E-state index contributed by atoms with van der Waals surface area (Å²) in [7, 11) is 0. The number of aliphatic carboxylic acids is 1. The van der Waals surface area contributed by atoms with E-state index in [9.17, 15) is 13.6 Å². The highest BCUT2D eigenvalue weighted by Crippen LogP contribution is 2.20. The molecule has 0 amide bonds. The lowest BCUT2D eigenvalue weighted by Gasteiger charge is -2.02. The van der Waals surface area contributed by atoms with E-state index in [2.05, 4.69) is 15.9 Å². The van der Waals surface area contributed by atoms with Crippen LogP contribution in [0, 0.1) is 11.6 Å². The van der Waals surface area contributed by atoms with E-state index in [-0.39, 0.29) is 22.9 Å². The molecular weight excluding hydrogens is 258 g/mol. The first-order valence-electron chi connectivity index (χ1n) is 3.86. The smallest absolute Gasteiger partial charge is 0.303 e. The molecule has 0 aliphatic rings. The maximum atomic E-state index is 13.1. The fourth-order valence-electron chi connectivity index (χ4n) is 0.997. The zero-order chi connectivity index (χ0) is 10.7. The van der Waals surface area contributed by atoms with Crippen LogP contribution in [0.1, 0.15) is 12.0 Å². The SMILES string of the molecule is O=C(O)CCc1cc(F)c(Br)cc1F. The van der Waals surface area contributed by atoms with Gasteiger partial charge >= 0.3 is 5.97 Å². The first-order chi connectivity index (χ1) is 6.50. The quantitative estimate of drug-likeness (QED) is 0.853. The number of carboxylic acids is 1. The molecule has 1 aromatic carbocycles. The van der Waals surface area contributed by atoms with Crippen LogP contribution in [0.5, 0.6) is 0 Å². The molecule has 76 valence electrons. The largest absolute Gasteiger partial charge is 0.481 e. The van der Waals surface area contributed by atoms with Gasteiger partial charge < -0.3 is 5.11 Å². The lowest BCUT2D eigenvalue weighted by atomic mass is 10.1. The van der Waals surface area contributed by atoms with Crippen LogP contribution in [0.4, 0.5) is 8.78 Å². The first-order valence-corrected chi connectivity index (χ1v) is 4.65. The molecule has 0 unspecified atom stereocenters. The minimum atomic E-state index is -1.03. The summed E-state index contributed by atoms with van der Waals surface area (Å²) in [6, 6.07) is 1.99. The number of halogens is 3. The average molecular weight is 265 g/mol. The Morgan fingerprint density at radius 1 is 1.36 bits per heavy atom. The molecule has 0 heterocycles. The van der Waals surface area contributed by atoms with Crippen molar-refractivity contribution in [3.05, 3.63) is 33.8 Å². The van der Waals surface area contributed by atoms with Gasteiger partial charge in [-0.2, -0.15) is 0 Å². The van der Waals surface area contributed by atoms with Crippen LogP contribution in [0.2, 0.25) is 0 Å². The van der Waals surface area contributed by atoms with Gasteiger partial charge in [-0.3, -0.25) is 4.79 Å². The third kappa shape index (κ3) is 2.77. The Morgan fingerprint density at radius 2 is 2.00 bits per heavy atom. The maximum Gasteiger partial charge on any atom is 0.303 e. The predicted octanol–water partition coefficient (Wildman–Crippen LogP) is 2.74. The van der Waals surface area contributed by atoms with Crippen LogP contribution in [-0.2, 0) is 11.2 Å². The topological polar surface area (TPSA) is 37.3 Å². The Labute approximate surface area is 87.7 Å². The molecule has 2 nitrogen and oxygen atoms in total. The Bertz CT molecular complexity index is 366. The number of hydrogen-bond acceptors (Lipinski definition) is 1. The molecule has 14 heavy (non-hydrogen) atoms. The monoisotopic (exact) mass is 264 g/mol. The maximum absolute atomic E-state index is 13.1. The summed E-state index contributed by atoms with van der Waals surface area (Å²) < 4.78 is 26.1. The van der Waals surface area contributed by atoms with Gasteiger partial charge in [0.15, 0.2) is 0 Å². The van der Waals surface area contributed by atoms with Crippen molar-refractivity contribution < 1.29 is 18.7 Å². The molecule has 0 bridgehead atoms. The predicted molar refractivity (Wildman–Crippen MR) is 50.0 cm³/mol. The van der Waals surface area contributed by atoms with E-state index >= 15 is 0 Å². The van der Waals surface area contributed by atoms with E-state index in [0.717, 1.165) is 12.1 Å². The van der Waals surface area contributed by atoms with Crippen LogP contribution >= 0.6 is 15.9 Å². The minimum absolute atomic E-state index is 0.00856. The molecule has 0 aromatic heterocycles. The summed E-state index contributed by atoms with van der Waals surface area (Å²) in [6.45, 7) is 0. The van der Waals surface area contributed by atoms with Crippen molar-refractivity contribution >= 4 is 21.9 Å². The molecule has 1 rings (SSSR count). The summed E-state index contributed by atoms with van der Waals surface area (Å²) in [5, 5.41) is 8.36. The van der Waals surface area contributed by atoms with Crippen molar-refractivity contribution in [3.8, 4) is 0 Å². The van der Waals surface area contributed by atoms with Gasteiger partial charge in [-0.25, -0.2) is 8.78 Å². The first kappa shape index (κ1) is 11.1. The van der Waals surface area contributed by atoms with E-state index in [1.807, 2.05) is 0 Å². The van der Waals surface area contributed by atoms with Gasteiger partial charge in [-0.15, -0.1) is 0 Å². The van der Waals surface area contributed by atoms with Gasteiger partial charge in [0.25, 0.3) is 0 Å². The van der Waals surface area contributed by atoms with Crippen LogP contribution in [0.3, 0.4) is 0 Å². The molecule has 1 N–H and O–H groups in total. The molecule has 0 saturated heterocycles. The Morgan fingerprint density at radius 3 is 2.57 bits per heavy atom.